The number of carbonyl (C=O) groups is 1. The molecular weight excluding hydrogens is 388 g/mol. The van der Waals surface area contributed by atoms with Crippen molar-refractivity contribution in [2.24, 2.45) is 0 Å². The van der Waals surface area contributed by atoms with Crippen molar-refractivity contribution in [1.82, 2.24) is 10.0 Å². The van der Waals surface area contributed by atoms with Gasteiger partial charge < -0.3 is 10.1 Å². The van der Waals surface area contributed by atoms with E-state index in [2.05, 4.69) is 10.0 Å². The quantitative estimate of drug-likeness (QED) is 0.581. The van der Waals surface area contributed by atoms with Gasteiger partial charge in [-0.05, 0) is 62.4 Å². The molecule has 0 aliphatic rings. The van der Waals surface area contributed by atoms with Crippen LogP contribution in [0.2, 0.25) is 0 Å². The number of carbonyl (C=O) groups excluding carboxylic acids is 1. The summed E-state index contributed by atoms with van der Waals surface area (Å²) in [5.74, 6) is 0.745. The van der Waals surface area contributed by atoms with Crippen LogP contribution in [0.3, 0.4) is 0 Å². The topological polar surface area (TPSA) is 84.5 Å². The van der Waals surface area contributed by atoms with Gasteiger partial charge in [0.05, 0.1) is 11.5 Å². The molecule has 2 N–H and O–H groups in total. The molecule has 0 radical (unpaired) electrons. The first-order valence-electron chi connectivity index (χ1n) is 9.73. The Balaban J connectivity index is 1.69. The molecule has 1 amide bonds. The zero-order valence-corrected chi connectivity index (χ0v) is 18.4. The van der Waals surface area contributed by atoms with Crippen molar-refractivity contribution in [3.63, 3.8) is 0 Å². The molecule has 2 aromatic rings. The van der Waals surface area contributed by atoms with Crippen LogP contribution < -0.4 is 14.8 Å². The molecule has 0 heterocycles. The van der Waals surface area contributed by atoms with E-state index in [9.17, 15) is 13.2 Å². The predicted octanol–water partition coefficient (Wildman–Crippen LogP) is 3.17. The highest BCUT2D eigenvalue weighted by molar-refractivity contribution is 7.89. The number of aryl methyl sites for hydroxylation is 4. The number of amides is 1. The third kappa shape index (κ3) is 6.87. The Bertz CT molecular complexity index is 935. The van der Waals surface area contributed by atoms with Gasteiger partial charge in [0.15, 0.2) is 0 Å². The van der Waals surface area contributed by atoms with Crippen LogP contribution in [0.4, 0.5) is 0 Å². The van der Waals surface area contributed by atoms with Crippen molar-refractivity contribution < 1.29 is 17.9 Å². The molecule has 6 nitrogen and oxygen atoms in total. The minimum Gasteiger partial charge on any atom is -0.493 e. The summed E-state index contributed by atoms with van der Waals surface area (Å²) < 4.78 is 33.1. The Labute approximate surface area is 173 Å². The Morgan fingerprint density at radius 3 is 2.34 bits per heavy atom. The van der Waals surface area contributed by atoms with Crippen LogP contribution in [-0.2, 0) is 14.8 Å². The Morgan fingerprint density at radius 2 is 1.66 bits per heavy atom. The highest BCUT2D eigenvalue weighted by Gasteiger charge is 2.16. The Hall–Kier alpha value is -2.38. The minimum absolute atomic E-state index is 0.124. The summed E-state index contributed by atoms with van der Waals surface area (Å²) in [6, 6.07) is 11.3. The Morgan fingerprint density at radius 1 is 0.966 bits per heavy atom. The minimum atomic E-state index is -3.59. The number of sulfonamides is 1. The van der Waals surface area contributed by atoms with Crippen molar-refractivity contribution in [2.75, 3.05) is 19.7 Å². The maximum absolute atomic E-state index is 12.4. The van der Waals surface area contributed by atoms with Crippen LogP contribution in [0.25, 0.3) is 0 Å². The van der Waals surface area contributed by atoms with E-state index < -0.39 is 10.0 Å². The third-order valence-electron chi connectivity index (χ3n) is 4.58. The van der Waals surface area contributed by atoms with Crippen LogP contribution in [0.5, 0.6) is 5.75 Å². The number of para-hydroxylation sites is 1. The summed E-state index contributed by atoms with van der Waals surface area (Å²) in [6.45, 7) is 8.43. The zero-order valence-electron chi connectivity index (χ0n) is 17.5. The summed E-state index contributed by atoms with van der Waals surface area (Å²) in [5.41, 5.74) is 3.72. The number of rotatable bonds is 10. The summed E-state index contributed by atoms with van der Waals surface area (Å²) in [5, 5.41) is 2.73. The molecular formula is C22H30N2O4S. The summed E-state index contributed by atoms with van der Waals surface area (Å²) in [6.07, 6.45) is 0.919. The largest absolute Gasteiger partial charge is 0.493 e. The summed E-state index contributed by atoms with van der Waals surface area (Å²) in [4.78, 5) is 12.2. The van der Waals surface area contributed by atoms with Crippen LogP contribution >= 0.6 is 0 Å². The van der Waals surface area contributed by atoms with Crippen LogP contribution in [-0.4, -0.2) is 34.0 Å². The first-order valence-corrected chi connectivity index (χ1v) is 11.2. The zero-order chi connectivity index (χ0) is 21.4. The van der Waals surface area contributed by atoms with Gasteiger partial charge in [-0.1, -0.05) is 30.3 Å². The highest BCUT2D eigenvalue weighted by Crippen LogP contribution is 2.22. The number of hydrogen-bond acceptors (Lipinski definition) is 4. The molecule has 0 aliphatic carbocycles. The lowest BCUT2D eigenvalue weighted by Gasteiger charge is -2.12. The van der Waals surface area contributed by atoms with E-state index in [1.807, 2.05) is 45.0 Å². The lowest BCUT2D eigenvalue weighted by molar-refractivity contribution is -0.121. The van der Waals surface area contributed by atoms with Gasteiger partial charge in [0, 0.05) is 19.5 Å². The van der Waals surface area contributed by atoms with E-state index in [0.29, 0.717) is 25.0 Å². The van der Waals surface area contributed by atoms with Crippen molar-refractivity contribution >= 4 is 15.9 Å². The molecule has 0 atom stereocenters. The Kier molecular flexibility index (Phi) is 8.22. The average molecular weight is 419 g/mol. The summed E-state index contributed by atoms with van der Waals surface area (Å²) >= 11 is 0. The predicted molar refractivity (Wildman–Crippen MR) is 115 cm³/mol. The van der Waals surface area contributed by atoms with Gasteiger partial charge in [-0.25, -0.2) is 13.1 Å². The van der Waals surface area contributed by atoms with Crippen molar-refractivity contribution in [3.05, 3.63) is 58.7 Å². The molecule has 7 heteroatoms. The number of ether oxygens (including phenoxy) is 1. The lowest BCUT2D eigenvalue weighted by atomic mass is 10.1. The second-order valence-electron chi connectivity index (χ2n) is 7.19. The van der Waals surface area contributed by atoms with E-state index in [1.54, 1.807) is 19.1 Å². The molecule has 0 saturated carbocycles. The molecule has 29 heavy (non-hydrogen) atoms. The fourth-order valence-electron chi connectivity index (χ4n) is 2.98. The van der Waals surface area contributed by atoms with Gasteiger partial charge in [-0.3, -0.25) is 4.79 Å². The number of nitrogens with one attached hydrogen (secondary N) is 2. The van der Waals surface area contributed by atoms with Crippen LogP contribution in [0, 0.1) is 27.7 Å². The van der Waals surface area contributed by atoms with E-state index in [1.165, 1.54) is 0 Å². The average Bonchev–Trinajstić information content (AvgIpc) is 2.66. The van der Waals surface area contributed by atoms with E-state index >= 15 is 0 Å². The highest BCUT2D eigenvalue weighted by atomic mass is 32.2. The molecule has 0 bridgehead atoms. The molecule has 0 unspecified atom stereocenters. The fraction of sp³-hybridized carbons (Fsp3) is 0.409. The van der Waals surface area contributed by atoms with Crippen molar-refractivity contribution in [2.45, 2.75) is 45.4 Å². The first kappa shape index (κ1) is 22.9. The molecule has 0 spiro atoms. The SMILES string of the molecule is Cc1ccc(C)c(S(=O)(=O)NCCNC(=O)CCCOc2c(C)cccc2C)c1. The van der Waals surface area contributed by atoms with Gasteiger partial charge in [0.1, 0.15) is 5.75 Å². The van der Waals surface area contributed by atoms with Gasteiger partial charge in [-0.15, -0.1) is 0 Å². The fourth-order valence-corrected chi connectivity index (χ4v) is 4.34. The monoisotopic (exact) mass is 418 g/mol. The summed E-state index contributed by atoms with van der Waals surface area (Å²) in [7, 11) is -3.59. The lowest BCUT2D eigenvalue weighted by Crippen LogP contribution is -2.35. The van der Waals surface area contributed by atoms with Gasteiger partial charge >= 0.3 is 0 Å². The first-order chi connectivity index (χ1) is 13.7. The normalized spacial score (nSPS) is 11.3. The third-order valence-corrected chi connectivity index (χ3v) is 6.18. The molecule has 0 saturated heterocycles. The molecule has 2 aromatic carbocycles. The van der Waals surface area contributed by atoms with Crippen molar-refractivity contribution in [1.29, 1.82) is 0 Å². The standard InChI is InChI=1S/C22H30N2O4S/c1-16-10-11-17(2)20(15-16)29(26,27)24-13-12-23-21(25)9-6-14-28-22-18(3)7-5-8-19(22)4/h5,7-8,10-11,15,24H,6,9,12-14H2,1-4H3,(H,23,25). The second-order valence-corrected chi connectivity index (χ2v) is 8.93. The van der Waals surface area contributed by atoms with Crippen molar-refractivity contribution in [3.8, 4) is 5.75 Å². The van der Waals surface area contributed by atoms with Gasteiger partial charge in [-0.2, -0.15) is 0 Å². The van der Waals surface area contributed by atoms with E-state index in [0.717, 1.165) is 22.4 Å². The smallest absolute Gasteiger partial charge is 0.240 e. The maximum Gasteiger partial charge on any atom is 0.240 e. The van der Waals surface area contributed by atoms with Gasteiger partial charge in [0.25, 0.3) is 0 Å². The van der Waals surface area contributed by atoms with E-state index in [-0.39, 0.29) is 23.9 Å². The van der Waals surface area contributed by atoms with Crippen LogP contribution in [0.1, 0.15) is 35.1 Å². The number of hydrogen-bond donors (Lipinski definition) is 2. The molecule has 158 valence electrons. The maximum atomic E-state index is 12.4. The van der Waals surface area contributed by atoms with E-state index in [4.69, 9.17) is 4.74 Å². The molecule has 2 rings (SSSR count). The van der Waals surface area contributed by atoms with Gasteiger partial charge in [0.2, 0.25) is 15.9 Å². The molecule has 0 aromatic heterocycles. The molecule has 0 fully saturated rings. The van der Waals surface area contributed by atoms with Crippen LogP contribution in [0.15, 0.2) is 41.3 Å². The second kappa shape index (κ2) is 10.4. The molecule has 0 aliphatic heterocycles. The number of benzene rings is 2.